The summed E-state index contributed by atoms with van der Waals surface area (Å²) in [6.07, 6.45) is 0. The lowest BCUT2D eigenvalue weighted by atomic mass is 10.2. The zero-order valence-corrected chi connectivity index (χ0v) is 11.6. The fraction of sp³-hybridized carbons (Fsp3) is 0.188. The van der Waals surface area contributed by atoms with Crippen molar-refractivity contribution in [2.24, 2.45) is 5.73 Å². The predicted molar refractivity (Wildman–Crippen MR) is 80.8 cm³/mol. The van der Waals surface area contributed by atoms with Crippen LogP contribution in [0.2, 0.25) is 0 Å². The molecule has 5 nitrogen and oxygen atoms in total. The van der Waals surface area contributed by atoms with E-state index in [0.29, 0.717) is 18.0 Å². The summed E-state index contributed by atoms with van der Waals surface area (Å²) in [4.78, 5) is 11.8. The summed E-state index contributed by atoms with van der Waals surface area (Å²) in [5.41, 5.74) is 8.00. The van der Waals surface area contributed by atoms with Crippen molar-refractivity contribution in [1.29, 1.82) is 0 Å². The van der Waals surface area contributed by atoms with Crippen LogP contribution in [0.1, 0.15) is 11.1 Å². The zero-order chi connectivity index (χ0) is 15.1. The molecule has 4 N–H and O–H groups in total. The number of nitrogens with two attached hydrogens (primary N) is 1. The summed E-state index contributed by atoms with van der Waals surface area (Å²) in [5, 5.41) is 11.7. The fourth-order valence-electron chi connectivity index (χ4n) is 1.81. The summed E-state index contributed by atoms with van der Waals surface area (Å²) in [6.45, 7) is 0.334. The van der Waals surface area contributed by atoms with Gasteiger partial charge in [-0.1, -0.05) is 24.3 Å². The van der Waals surface area contributed by atoms with Crippen LogP contribution in [0.15, 0.2) is 48.5 Å². The molecule has 2 rings (SSSR count). The van der Waals surface area contributed by atoms with E-state index in [1.807, 2.05) is 18.2 Å². The second-order valence-electron chi connectivity index (χ2n) is 4.54. The summed E-state index contributed by atoms with van der Waals surface area (Å²) in [7, 11) is 0. The average molecular weight is 286 g/mol. The van der Waals surface area contributed by atoms with Crippen molar-refractivity contribution < 1.29 is 14.6 Å². The standard InChI is InChI=1S/C16H18N2O3/c17-9-13-2-1-3-14(8-13)18-16(20)11-21-15-6-4-12(10-19)5-7-15/h1-8,19H,9-11,17H2,(H,18,20). The minimum atomic E-state index is -0.240. The molecule has 0 saturated carbocycles. The maximum Gasteiger partial charge on any atom is 0.262 e. The Morgan fingerprint density at radius 3 is 2.57 bits per heavy atom. The van der Waals surface area contributed by atoms with Gasteiger partial charge in [0.25, 0.3) is 5.91 Å². The first-order chi connectivity index (χ1) is 10.2. The van der Waals surface area contributed by atoms with Crippen molar-refractivity contribution in [3.63, 3.8) is 0 Å². The highest BCUT2D eigenvalue weighted by molar-refractivity contribution is 5.91. The Kier molecular flexibility index (Phi) is 5.31. The van der Waals surface area contributed by atoms with E-state index in [0.717, 1.165) is 11.1 Å². The van der Waals surface area contributed by atoms with Gasteiger partial charge in [0.05, 0.1) is 6.61 Å². The van der Waals surface area contributed by atoms with Gasteiger partial charge in [-0.05, 0) is 35.4 Å². The van der Waals surface area contributed by atoms with E-state index < -0.39 is 0 Å². The SMILES string of the molecule is NCc1cccc(NC(=O)COc2ccc(CO)cc2)c1. The van der Waals surface area contributed by atoms with Crippen LogP contribution < -0.4 is 15.8 Å². The fourth-order valence-corrected chi connectivity index (χ4v) is 1.81. The topological polar surface area (TPSA) is 84.6 Å². The Balaban J connectivity index is 1.86. The van der Waals surface area contributed by atoms with Crippen LogP contribution in [0, 0.1) is 0 Å². The molecule has 0 atom stereocenters. The highest BCUT2D eigenvalue weighted by atomic mass is 16.5. The molecule has 21 heavy (non-hydrogen) atoms. The van der Waals surface area contributed by atoms with Crippen molar-refractivity contribution in [3.05, 3.63) is 59.7 Å². The number of aliphatic hydroxyl groups is 1. The second kappa shape index (κ2) is 7.42. The van der Waals surface area contributed by atoms with Gasteiger partial charge in [-0.25, -0.2) is 0 Å². The number of hydrogen-bond donors (Lipinski definition) is 3. The first-order valence-electron chi connectivity index (χ1n) is 6.62. The molecule has 0 heterocycles. The van der Waals surface area contributed by atoms with Gasteiger partial charge in [0, 0.05) is 12.2 Å². The first kappa shape index (κ1) is 15.0. The number of carbonyl (C=O) groups is 1. The third-order valence-corrected chi connectivity index (χ3v) is 2.92. The second-order valence-corrected chi connectivity index (χ2v) is 4.54. The molecule has 110 valence electrons. The molecule has 0 fully saturated rings. The van der Waals surface area contributed by atoms with Gasteiger partial charge in [-0.3, -0.25) is 4.79 Å². The number of carbonyl (C=O) groups excluding carboxylic acids is 1. The number of anilines is 1. The quantitative estimate of drug-likeness (QED) is 0.754. The van der Waals surface area contributed by atoms with E-state index in [-0.39, 0.29) is 19.1 Å². The molecule has 0 saturated heterocycles. The first-order valence-corrected chi connectivity index (χ1v) is 6.62. The summed E-state index contributed by atoms with van der Waals surface area (Å²) in [5.74, 6) is 0.341. The smallest absolute Gasteiger partial charge is 0.262 e. The van der Waals surface area contributed by atoms with Crippen molar-refractivity contribution in [1.82, 2.24) is 0 Å². The molecular weight excluding hydrogens is 268 g/mol. The molecule has 0 bridgehead atoms. The predicted octanol–water partition coefficient (Wildman–Crippen LogP) is 1.66. The molecule has 0 aliphatic heterocycles. The molecule has 0 aliphatic rings. The third kappa shape index (κ3) is 4.59. The Morgan fingerprint density at radius 2 is 1.90 bits per heavy atom. The summed E-state index contributed by atoms with van der Waals surface area (Å²) >= 11 is 0. The molecule has 0 spiro atoms. The van der Waals surface area contributed by atoms with Gasteiger partial charge in [-0.2, -0.15) is 0 Å². The summed E-state index contributed by atoms with van der Waals surface area (Å²) in [6, 6.07) is 14.3. The Hall–Kier alpha value is -2.37. The molecule has 5 heteroatoms. The van der Waals surface area contributed by atoms with Crippen LogP contribution in [0.3, 0.4) is 0 Å². The Bertz CT molecular complexity index is 597. The maximum atomic E-state index is 11.8. The van der Waals surface area contributed by atoms with E-state index in [9.17, 15) is 4.79 Å². The van der Waals surface area contributed by atoms with E-state index in [2.05, 4.69) is 5.32 Å². The summed E-state index contributed by atoms with van der Waals surface area (Å²) < 4.78 is 5.38. The van der Waals surface area contributed by atoms with Crippen LogP contribution in [0.5, 0.6) is 5.75 Å². The van der Waals surface area contributed by atoms with E-state index in [1.165, 1.54) is 0 Å². The zero-order valence-electron chi connectivity index (χ0n) is 11.6. The van der Waals surface area contributed by atoms with Crippen LogP contribution in [-0.4, -0.2) is 17.6 Å². The van der Waals surface area contributed by atoms with Crippen LogP contribution >= 0.6 is 0 Å². The van der Waals surface area contributed by atoms with Gasteiger partial charge >= 0.3 is 0 Å². The number of rotatable bonds is 6. The van der Waals surface area contributed by atoms with Crippen molar-refractivity contribution >= 4 is 11.6 Å². The minimum absolute atomic E-state index is 0.0156. The third-order valence-electron chi connectivity index (χ3n) is 2.92. The van der Waals surface area contributed by atoms with Crippen LogP contribution in [0.4, 0.5) is 5.69 Å². The van der Waals surface area contributed by atoms with Gasteiger partial charge in [0.2, 0.25) is 0 Å². The highest BCUT2D eigenvalue weighted by Crippen LogP contribution is 2.13. The van der Waals surface area contributed by atoms with E-state index in [1.54, 1.807) is 30.3 Å². The largest absolute Gasteiger partial charge is 0.484 e. The van der Waals surface area contributed by atoms with Gasteiger partial charge in [0.15, 0.2) is 6.61 Å². The lowest BCUT2D eigenvalue weighted by molar-refractivity contribution is -0.118. The lowest BCUT2D eigenvalue weighted by Crippen LogP contribution is -2.20. The van der Waals surface area contributed by atoms with Crippen molar-refractivity contribution in [3.8, 4) is 5.75 Å². The van der Waals surface area contributed by atoms with Gasteiger partial charge < -0.3 is 20.9 Å². The van der Waals surface area contributed by atoms with Crippen molar-refractivity contribution in [2.45, 2.75) is 13.2 Å². The number of aliphatic hydroxyl groups excluding tert-OH is 1. The van der Waals surface area contributed by atoms with Crippen LogP contribution in [0.25, 0.3) is 0 Å². The molecule has 0 unspecified atom stereocenters. The molecular formula is C16H18N2O3. The normalized spacial score (nSPS) is 10.2. The lowest BCUT2D eigenvalue weighted by Gasteiger charge is -2.08. The molecule has 2 aromatic rings. The van der Waals surface area contributed by atoms with E-state index in [4.69, 9.17) is 15.6 Å². The number of hydrogen-bond acceptors (Lipinski definition) is 4. The number of benzene rings is 2. The minimum Gasteiger partial charge on any atom is -0.484 e. The number of nitrogens with one attached hydrogen (secondary N) is 1. The Morgan fingerprint density at radius 1 is 1.14 bits per heavy atom. The van der Waals surface area contributed by atoms with Gasteiger partial charge in [0.1, 0.15) is 5.75 Å². The number of ether oxygens (including phenoxy) is 1. The van der Waals surface area contributed by atoms with Crippen molar-refractivity contribution in [2.75, 3.05) is 11.9 Å². The molecule has 1 amide bonds. The molecule has 2 aromatic carbocycles. The van der Waals surface area contributed by atoms with Gasteiger partial charge in [-0.15, -0.1) is 0 Å². The monoisotopic (exact) mass is 286 g/mol. The Labute approximate surface area is 123 Å². The number of amides is 1. The average Bonchev–Trinajstić information content (AvgIpc) is 2.53. The van der Waals surface area contributed by atoms with E-state index >= 15 is 0 Å². The highest BCUT2D eigenvalue weighted by Gasteiger charge is 2.04. The molecule has 0 aliphatic carbocycles. The maximum absolute atomic E-state index is 11.8. The molecule has 0 radical (unpaired) electrons. The molecule has 0 aromatic heterocycles. The van der Waals surface area contributed by atoms with Crippen LogP contribution in [-0.2, 0) is 17.9 Å².